The van der Waals surface area contributed by atoms with Crippen LogP contribution in [0.25, 0.3) is 0 Å². The number of carbonyl (C=O) groups is 1. The monoisotopic (exact) mass is 631 g/mol. The molecule has 0 aromatic heterocycles. The van der Waals surface area contributed by atoms with Crippen LogP contribution in [0.3, 0.4) is 0 Å². The molecule has 0 bridgehead atoms. The molecule has 3 N–H and O–H groups in total. The van der Waals surface area contributed by atoms with Crippen molar-refractivity contribution >= 4 is 27.2 Å². The largest absolute Gasteiger partial charge is 0.392 e. The average molecular weight is 632 g/mol. The number of nitrogens with zero attached hydrogens (tertiary/aromatic N) is 1. The van der Waals surface area contributed by atoms with Crippen molar-refractivity contribution in [1.82, 2.24) is 5.32 Å². The number of carbonyl (C=O) groups excluding carboxylic acids is 1. The minimum atomic E-state index is -3.69. The Bertz CT molecular complexity index is 1290. The summed E-state index contributed by atoms with van der Waals surface area (Å²) in [4.78, 5) is 14.9. The van der Waals surface area contributed by atoms with Gasteiger partial charge in [-0.15, -0.1) is 0 Å². The number of hydrogen-bond donors (Lipinski definition) is 3. The van der Waals surface area contributed by atoms with E-state index in [0.29, 0.717) is 57.1 Å². The van der Waals surface area contributed by atoms with Gasteiger partial charge in [-0.25, -0.2) is 13.2 Å². The SMILES string of the molecule is CCCCC1(CCCC)CS(=O)(=O)c2ccc(N(C)C)cc2[C@@H](c2cccc(NC(=O)NCCOCCOCCC)c2)[C@H]1O. The summed E-state index contributed by atoms with van der Waals surface area (Å²) in [5.41, 5.74) is 1.98. The van der Waals surface area contributed by atoms with Gasteiger partial charge in [-0.1, -0.05) is 58.6 Å². The van der Waals surface area contributed by atoms with Crippen LogP contribution in [0.2, 0.25) is 0 Å². The van der Waals surface area contributed by atoms with Gasteiger partial charge in [0.1, 0.15) is 0 Å². The summed E-state index contributed by atoms with van der Waals surface area (Å²) in [5, 5.41) is 18.1. The van der Waals surface area contributed by atoms with Gasteiger partial charge in [0.05, 0.1) is 36.6 Å². The molecular weight excluding hydrogens is 578 g/mol. The second kappa shape index (κ2) is 17.1. The Morgan fingerprint density at radius 2 is 1.64 bits per heavy atom. The van der Waals surface area contributed by atoms with Crippen LogP contribution in [0.1, 0.15) is 82.8 Å². The van der Waals surface area contributed by atoms with Crippen LogP contribution < -0.4 is 15.5 Å². The average Bonchev–Trinajstić information content (AvgIpc) is 3.06. The molecular formula is C34H53N3O6S. The lowest BCUT2D eigenvalue weighted by molar-refractivity contribution is 0.0127. The molecule has 246 valence electrons. The fraction of sp³-hybridized carbons (Fsp3) is 0.618. The summed E-state index contributed by atoms with van der Waals surface area (Å²) in [6, 6.07) is 12.5. The van der Waals surface area contributed by atoms with E-state index in [0.717, 1.165) is 43.4 Å². The molecule has 2 aromatic rings. The van der Waals surface area contributed by atoms with E-state index < -0.39 is 27.3 Å². The van der Waals surface area contributed by atoms with Crippen molar-refractivity contribution < 1.29 is 27.8 Å². The first-order valence-electron chi connectivity index (χ1n) is 16.1. The molecule has 10 heteroatoms. The number of urea groups is 1. The zero-order chi connectivity index (χ0) is 32.2. The van der Waals surface area contributed by atoms with Gasteiger partial charge >= 0.3 is 6.03 Å². The number of unbranched alkanes of at least 4 members (excludes halogenated alkanes) is 2. The predicted octanol–water partition coefficient (Wildman–Crippen LogP) is 5.96. The van der Waals surface area contributed by atoms with Crippen molar-refractivity contribution in [3.63, 3.8) is 0 Å². The molecule has 0 saturated carbocycles. The molecule has 0 saturated heterocycles. The van der Waals surface area contributed by atoms with Crippen LogP contribution in [0, 0.1) is 5.41 Å². The number of rotatable bonds is 17. The van der Waals surface area contributed by atoms with Crippen LogP contribution in [0.5, 0.6) is 0 Å². The molecule has 1 heterocycles. The quantitative estimate of drug-likeness (QED) is 0.184. The molecule has 1 aliphatic rings. The Kier molecular flexibility index (Phi) is 14.0. The van der Waals surface area contributed by atoms with Crippen LogP contribution in [0.15, 0.2) is 47.4 Å². The molecule has 2 aromatic carbocycles. The molecule has 0 aliphatic carbocycles. The number of aliphatic hydroxyl groups excluding tert-OH is 1. The van der Waals surface area contributed by atoms with E-state index in [1.54, 1.807) is 12.1 Å². The lowest BCUT2D eigenvalue weighted by atomic mass is 9.68. The standard InChI is InChI=1S/C34H53N3O6S/c1-6-9-16-34(17-10-7-2)25-44(40,41)30-15-14-28(37(4)5)24-29(30)31(32(34)38)26-12-11-13-27(23-26)36-33(39)35-18-20-43-22-21-42-19-8-3/h11-15,23-24,31-32,38H,6-10,16-22,25H2,1-5H3,(H2,35,36,39)/t31-,32-/m1/s1. The Morgan fingerprint density at radius 3 is 2.27 bits per heavy atom. The zero-order valence-corrected chi connectivity index (χ0v) is 28.0. The van der Waals surface area contributed by atoms with Gasteiger partial charge in [0, 0.05) is 50.0 Å². The molecule has 0 fully saturated rings. The Morgan fingerprint density at radius 1 is 0.955 bits per heavy atom. The summed E-state index contributed by atoms with van der Waals surface area (Å²) in [7, 11) is 0.140. The zero-order valence-electron chi connectivity index (χ0n) is 27.2. The smallest absolute Gasteiger partial charge is 0.319 e. The summed E-state index contributed by atoms with van der Waals surface area (Å²) < 4.78 is 39.0. The number of benzene rings is 2. The lowest BCUT2D eigenvalue weighted by Crippen LogP contribution is -2.43. The van der Waals surface area contributed by atoms with Gasteiger partial charge in [0.15, 0.2) is 9.84 Å². The van der Waals surface area contributed by atoms with Gasteiger partial charge < -0.3 is 30.1 Å². The van der Waals surface area contributed by atoms with E-state index in [2.05, 4.69) is 31.4 Å². The number of hydrogen-bond acceptors (Lipinski definition) is 7. The third-order valence-corrected chi connectivity index (χ3v) is 10.4. The number of fused-ring (bicyclic) bond motifs is 1. The third kappa shape index (κ3) is 9.42. The summed E-state index contributed by atoms with van der Waals surface area (Å²) >= 11 is 0. The van der Waals surface area contributed by atoms with E-state index in [-0.39, 0.29) is 16.7 Å². The minimum Gasteiger partial charge on any atom is -0.392 e. The number of anilines is 2. The van der Waals surface area contributed by atoms with Crippen molar-refractivity contribution in [1.29, 1.82) is 0 Å². The molecule has 3 rings (SSSR count). The third-order valence-electron chi connectivity index (χ3n) is 8.41. The Labute approximate surface area is 264 Å². The number of aliphatic hydroxyl groups is 1. The van der Waals surface area contributed by atoms with Gasteiger partial charge in [-0.05, 0) is 60.7 Å². The lowest BCUT2D eigenvalue weighted by Gasteiger charge is -2.40. The number of sulfone groups is 1. The molecule has 2 amide bonds. The molecule has 9 nitrogen and oxygen atoms in total. The highest BCUT2D eigenvalue weighted by Crippen LogP contribution is 2.50. The summed E-state index contributed by atoms with van der Waals surface area (Å²) in [6.45, 7) is 8.65. The molecule has 0 unspecified atom stereocenters. The fourth-order valence-corrected chi connectivity index (χ4v) is 8.27. The summed E-state index contributed by atoms with van der Waals surface area (Å²) in [6.07, 6.45) is 4.77. The molecule has 0 spiro atoms. The fourth-order valence-electron chi connectivity index (χ4n) is 6.08. The maximum absolute atomic E-state index is 14.1. The minimum absolute atomic E-state index is 0.0842. The normalized spacial score (nSPS) is 18.7. The van der Waals surface area contributed by atoms with Crippen LogP contribution >= 0.6 is 0 Å². The van der Waals surface area contributed by atoms with E-state index in [9.17, 15) is 18.3 Å². The van der Waals surface area contributed by atoms with E-state index in [1.165, 1.54) is 0 Å². The maximum Gasteiger partial charge on any atom is 0.319 e. The van der Waals surface area contributed by atoms with E-state index in [4.69, 9.17) is 9.47 Å². The van der Waals surface area contributed by atoms with Crippen LogP contribution in [-0.2, 0) is 19.3 Å². The van der Waals surface area contributed by atoms with E-state index >= 15 is 0 Å². The topological polar surface area (TPSA) is 117 Å². The molecule has 2 atom stereocenters. The predicted molar refractivity (Wildman–Crippen MR) is 178 cm³/mol. The Balaban J connectivity index is 1.94. The van der Waals surface area contributed by atoms with Gasteiger partial charge in [-0.2, -0.15) is 0 Å². The molecule has 44 heavy (non-hydrogen) atoms. The maximum atomic E-state index is 14.1. The highest BCUT2D eigenvalue weighted by Gasteiger charge is 2.49. The van der Waals surface area contributed by atoms with Gasteiger partial charge in [0.25, 0.3) is 0 Å². The van der Waals surface area contributed by atoms with Gasteiger partial charge in [0.2, 0.25) is 0 Å². The number of amides is 2. The highest BCUT2D eigenvalue weighted by atomic mass is 32.2. The van der Waals surface area contributed by atoms with E-state index in [1.807, 2.05) is 49.3 Å². The van der Waals surface area contributed by atoms with Crippen LogP contribution in [-0.4, -0.2) is 78.5 Å². The van der Waals surface area contributed by atoms with Crippen LogP contribution in [0.4, 0.5) is 16.2 Å². The van der Waals surface area contributed by atoms with Crippen molar-refractivity contribution in [3.8, 4) is 0 Å². The van der Waals surface area contributed by atoms with Crippen molar-refractivity contribution in [2.45, 2.75) is 82.6 Å². The first-order valence-corrected chi connectivity index (χ1v) is 17.8. The number of ether oxygens (including phenoxy) is 2. The molecule has 1 aliphatic heterocycles. The number of nitrogens with one attached hydrogen (secondary N) is 2. The first-order chi connectivity index (χ1) is 21.1. The highest BCUT2D eigenvalue weighted by molar-refractivity contribution is 7.91. The molecule has 0 radical (unpaired) electrons. The van der Waals surface area contributed by atoms with Crippen molar-refractivity contribution in [2.24, 2.45) is 5.41 Å². The van der Waals surface area contributed by atoms with Crippen molar-refractivity contribution in [3.05, 3.63) is 53.6 Å². The second-order valence-electron chi connectivity index (χ2n) is 12.1. The first kappa shape index (κ1) is 35.8. The summed E-state index contributed by atoms with van der Waals surface area (Å²) in [5.74, 6) is -0.678. The Hall–Kier alpha value is -2.66. The van der Waals surface area contributed by atoms with Gasteiger partial charge in [-0.3, -0.25) is 0 Å². The van der Waals surface area contributed by atoms with Crippen molar-refractivity contribution in [2.75, 3.05) is 63.0 Å². The second-order valence-corrected chi connectivity index (χ2v) is 14.1.